The number of hydrogen-bond donors (Lipinski definition) is 2. The van der Waals surface area contributed by atoms with Crippen LogP contribution in [0.15, 0.2) is 54.6 Å². The fourth-order valence-corrected chi connectivity index (χ4v) is 8.90. The maximum absolute atomic E-state index is 14.2. The molecule has 0 aromatic heterocycles. The van der Waals surface area contributed by atoms with Gasteiger partial charge in [-0.2, -0.15) is 0 Å². The summed E-state index contributed by atoms with van der Waals surface area (Å²) in [4.78, 5) is 13.1. The summed E-state index contributed by atoms with van der Waals surface area (Å²) in [6.07, 6.45) is 8.65. The largest absolute Gasteiger partial charge is 0.489 e. The Bertz CT molecular complexity index is 1230. The molecule has 5 atom stereocenters. The van der Waals surface area contributed by atoms with E-state index < -0.39 is 28.2 Å². The number of carbonyl (C=O) groups excluding carboxylic acids is 1. The van der Waals surface area contributed by atoms with E-state index in [1.165, 1.54) is 0 Å². The van der Waals surface area contributed by atoms with Crippen LogP contribution in [-0.2, 0) is 21.2 Å². The van der Waals surface area contributed by atoms with Gasteiger partial charge in [-0.05, 0) is 86.5 Å². The lowest BCUT2D eigenvalue weighted by atomic mass is 9.76. The third-order valence-electron chi connectivity index (χ3n) is 9.67. The van der Waals surface area contributed by atoms with Gasteiger partial charge in [0, 0.05) is 6.42 Å². The van der Waals surface area contributed by atoms with E-state index in [1.54, 1.807) is 0 Å². The van der Waals surface area contributed by atoms with Crippen molar-refractivity contribution in [3.05, 3.63) is 65.7 Å². The third kappa shape index (κ3) is 10.9. The fourth-order valence-electron chi connectivity index (χ4n) is 6.91. The highest BCUT2D eigenvalue weighted by molar-refractivity contribution is 7.92. The van der Waals surface area contributed by atoms with Crippen LogP contribution in [0.1, 0.15) is 114 Å². The molecule has 244 valence electrons. The van der Waals surface area contributed by atoms with Crippen molar-refractivity contribution >= 4 is 15.7 Å². The number of nitrogens with one attached hydrogen (secondary N) is 1. The summed E-state index contributed by atoms with van der Waals surface area (Å²) in [5.74, 6) is 1.11. The number of alkyl halides is 1. The van der Waals surface area contributed by atoms with Gasteiger partial charge >= 0.3 is 0 Å². The van der Waals surface area contributed by atoms with Crippen LogP contribution in [0.25, 0.3) is 0 Å². The molecule has 0 spiro atoms. The molecule has 44 heavy (non-hydrogen) atoms. The van der Waals surface area contributed by atoms with Gasteiger partial charge in [0.05, 0.1) is 23.1 Å². The van der Waals surface area contributed by atoms with Crippen LogP contribution in [-0.4, -0.2) is 42.6 Å². The first kappa shape index (κ1) is 34.4. The highest BCUT2D eigenvalue weighted by Gasteiger charge is 2.31. The number of carbonyl (C=O) groups is 1. The average Bonchev–Trinajstić information content (AvgIpc) is 3.04. The molecule has 2 N–H and O–H groups in total. The van der Waals surface area contributed by atoms with Gasteiger partial charge in [-0.1, -0.05) is 81.5 Å². The third-order valence-corrected chi connectivity index (χ3v) is 12.0. The van der Waals surface area contributed by atoms with E-state index >= 15 is 0 Å². The minimum atomic E-state index is -3.06. The number of hydrogen-bond acceptors (Lipinski definition) is 5. The summed E-state index contributed by atoms with van der Waals surface area (Å²) < 4.78 is 45.4. The molecule has 2 saturated carbocycles. The van der Waals surface area contributed by atoms with Crippen molar-refractivity contribution in [2.75, 3.05) is 5.75 Å². The monoisotopic (exact) mass is 629 g/mol. The molecule has 2 aromatic rings. The van der Waals surface area contributed by atoms with Crippen molar-refractivity contribution in [1.82, 2.24) is 5.32 Å². The Morgan fingerprint density at radius 1 is 0.955 bits per heavy atom. The molecule has 2 aliphatic rings. The van der Waals surface area contributed by atoms with E-state index in [0.717, 1.165) is 50.5 Å². The highest BCUT2D eigenvalue weighted by Crippen LogP contribution is 2.35. The molecule has 8 heteroatoms. The normalized spacial score (nSPS) is 21.7. The van der Waals surface area contributed by atoms with Gasteiger partial charge in [0.2, 0.25) is 5.91 Å². The molecular weight excluding hydrogens is 577 g/mol. The number of amides is 1. The number of sulfone groups is 1. The van der Waals surface area contributed by atoms with Crippen LogP contribution < -0.4 is 10.1 Å². The molecule has 2 aliphatic carbocycles. The molecule has 0 bridgehead atoms. The van der Waals surface area contributed by atoms with Crippen molar-refractivity contribution in [1.29, 1.82) is 0 Å². The second-order valence-corrected chi connectivity index (χ2v) is 15.5. The van der Waals surface area contributed by atoms with Crippen molar-refractivity contribution in [2.24, 2.45) is 11.8 Å². The molecule has 0 heterocycles. The maximum Gasteiger partial charge on any atom is 0.220 e. The van der Waals surface area contributed by atoms with Gasteiger partial charge in [0.15, 0.2) is 9.84 Å². The summed E-state index contributed by atoms with van der Waals surface area (Å²) in [6.45, 7) is 2.55. The Kier molecular flexibility index (Phi) is 13.5. The first-order chi connectivity index (χ1) is 21.2. The SMILES string of the molecule is CC(CC(NC(=O)CCCCCS(=O)(=O)C1CCCCC1)C(O)c1ccc(OCc2ccccc2)cc1)C1CCCC(F)C1. The molecule has 6 nitrogen and oxygen atoms in total. The Hall–Kier alpha value is -2.45. The summed E-state index contributed by atoms with van der Waals surface area (Å²) in [6, 6.07) is 16.7. The van der Waals surface area contributed by atoms with Crippen molar-refractivity contribution in [2.45, 2.75) is 127 Å². The van der Waals surface area contributed by atoms with Crippen LogP contribution in [0.5, 0.6) is 5.75 Å². The number of rotatable bonds is 16. The Balaban J connectivity index is 1.31. The van der Waals surface area contributed by atoms with Gasteiger partial charge < -0.3 is 15.2 Å². The molecule has 1 amide bonds. The van der Waals surface area contributed by atoms with E-state index in [2.05, 4.69) is 12.2 Å². The summed E-state index contributed by atoms with van der Waals surface area (Å²) in [5.41, 5.74) is 1.76. The smallest absolute Gasteiger partial charge is 0.220 e. The van der Waals surface area contributed by atoms with E-state index in [9.17, 15) is 22.7 Å². The lowest BCUT2D eigenvalue weighted by molar-refractivity contribution is -0.123. The Morgan fingerprint density at radius 2 is 1.68 bits per heavy atom. The maximum atomic E-state index is 14.2. The van der Waals surface area contributed by atoms with Crippen molar-refractivity contribution in [3.8, 4) is 5.75 Å². The zero-order valence-electron chi connectivity index (χ0n) is 26.3. The molecular formula is C36H52FNO5S. The number of aliphatic hydroxyl groups is 1. The second-order valence-electron chi connectivity index (χ2n) is 13.1. The Labute approximate surface area is 264 Å². The standard InChI is InChI=1S/C36H52FNO5S/c1-27(30-14-11-15-31(37)25-30)24-34(36(40)29-19-21-32(22-20-29)43-26-28-12-5-2-6-13-28)38-35(39)18-9-4-10-23-44(41,42)33-16-7-3-8-17-33/h2,5-6,12-13,19-22,27,30-31,33-34,36,40H,3-4,7-11,14-18,23-26H2,1H3,(H,38,39). The van der Waals surface area contributed by atoms with Crippen LogP contribution in [0.4, 0.5) is 4.39 Å². The molecule has 2 aromatic carbocycles. The number of halogens is 1. The second kappa shape index (κ2) is 17.3. The fraction of sp³-hybridized carbons (Fsp3) is 0.639. The van der Waals surface area contributed by atoms with Crippen LogP contribution in [0, 0.1) is 11.8 Å². The quantitative estimate of drug-likeness (QED) is 0.186. The molecule has 2 fully saturated rings. The van der Waals surface area contributed by atoms with E-state index in [-0.39, 0.29) is 35.2 Å². The number of aliphatic hydroxyl groups excluding tert-OH is 1. The summed E-state index contributed by atoms with van der Waals surface area (Å²) >= 11 is 0. The van der Waals surface area contributed by atoms with Crippen molar-refractivity contribution < 1.29 is 27.4 Å². The van der Waals surface area contributed by atoms with E-state index in [1.807, 2.05) is 54.6 Å². The molecule has 0 aliphatic heterocycles. The summed E-state index contributed by atoms with van der Waals surface area (Å²) in [5, 5.41) is 14.3. The van der Waals surface area contributed by atoms with Gasteiger partial charge in [-0.15, -0.1) is 0 Å². The lowest BCUT2D eigenvalue weighted by Crippen LogP contribution is -2.41. The van der Waals surface area contributed by atoms with Crippen LogP contribution >= 0.6 is 0 Å². The molecule has 0 saturated heterocycles. The van der Waals surface area contributed by atoms with Gasteiger partial charge in [-0.3, -0.25) is 4.79 Å². The number of benzene rings is 2. The minimum Gasteiger partial charge on any atom is -0.489 e. The first-order valence-electron chi connectivity index (χ1n) is 16.8. The van der Waals surface area contributed by atoms with Gasteiger partial charge in [0.25, 0.3) is 0 Å². The minimum absolute atomic E-state index is 0.145. The Morgan fingerprint density at radius 3 is 2.39 bits per heavy atom. The zero-order valence-corrected chi connectivity index (χ0v) is 27.2. The predicted octanol–water partition coefficient (Wildman–Crippen LogP) is 7.65. The van der Waals surface area contributed by atoms with E-state index in [4.69, 9.17) is 4.74 Å². The summed E-state index contributed by atoms with van der Waals surface area (Å²) in [7, 11) is -3.06. The van der Waals surface area contributed by atoms with Crippen LogP contribution in [0.2, 0.25) is 0 Å². The zero-order chi connectivity index (χ0) is 31.4. The lowest BCUT2D eigenvalue weighted by Gasteiger charge is -2.33. The van der Waals surface area contributed by atoms with E-state index in [0.29, 0.717) is 56.4 Å². The predicted molar refractivity (Wildman–Crippen MR) is 174 cm³/mol. The molecule has 0 radical (unpaired) electrons. The molecule has 4 rings (SSSR count). The first-order valence-corrected chi connectivity index (χ1v) is 18.5. The van der Waals surface area contributed by atoms with Crippen LogP contribution in [0.3, 0.4) is 0 Å². The topological polar surface area (TPSA) is 92.7 Å². The highest BCUT2D eigenvalue weighted by atomic mass is 32.2. The number of unbranched alkanes of at least 4 members (excludes halogenated alkanes) is 2. The van der Waals surface area contributed by atoms with Crippen molar-refractivity contribution in [3.63, 3.8) is 0 Å². The average molecular weight is 630 g/mol. The number of ether oxygens (including phenoxy) is 1. The molecule has 5 unspecified atom stereocenters. The van der Waals surface area contributed by atoms with Gasteiger partial charge in [-0.25, -0.2) is 12.8 Å². The van der Waals surface area contributed by atoms with Gasteiger partial charge in [0.1, 0.15) is 18.5 Å².